The molecular formula is C10H20O5Si. The zero-order valence-corrected chi connectivity index (χ0v) is 11.2. The van der Waals surface area contributed by atoms with Gasteiger partial charge < -0.3 is 22.8 Å². The third-order valence-electron chi connectivity index (χ3n) is 2.52. The van der Waals surface area contributed by atoms with Crippen LogP contribution in [-0.2, 0) is 22.8 Å². The minimum absolute atomic E-state index is 0.256. The number of ether oxygens (including phenoxy) is 2. The van der Waals surface area contributed by atoms with Gasteiger partial charge in [0, 0.05) is 33.8 Å². The van der Waals surface area contributed by atoms with Crippen molar-refractivity contribution in [3.05, 3.63) is 12.3 Å². The molecule has 0 aromatic heterocycles. The minimum atomic E-state index is -2.49. The highest BCUT2D eigenvalue weighted by molar-refractivity contribution is 6.60. The molecule has 94 valence electrons. The van der Waals surface area contributed by atoms with Gasteiger partial charge in [0.2, 0.25) is 0 Å². The number of epoxide rings is 1. The van der Waals surface area contributed by atoms with Crippen LogP contribution in [0.1, 0.15) is 6.42 Å². The third kappa shape index (κ3) is 4.23. The van der Waals surface area contributed by atoms with E-state index in [4.69, 9.17) is 22.8 Å². The molecule has 1 saturated heterocycles. The van der Waals surface area contributed by atoms with E-state index in [2.05, 4.69) is 6.58 Å². The Kier molecular flexibility index (Phi) is 5.43. The van der Waals surface area contributed by atoms with Crippen molar-refractivity contribution in [3.8, 4) is 0 Å². The smallest absolute Gasteiger partial charge is 0.496 e. The molecule has 0 aromatic carbocycles. The van der Waals surface area contributed by atoms with E-state index in [9.17, 15) is 0 Å². The van der Waals surface area contributed by atoms with Crippen LogP contribution in [-0.4, -0.2) is 49.5 Å². The highest BCUT2D eigenvalue weighted by Gasteiger charge is 2.37. The molecule has 6 heteroatoms. The van der Waals surface area contributed by atoms with Crippen LogP contribution < -0.4 is 0 Å². The van der Waals surface area contributed by atoms with Gasteiger partial charge in [-0.1, -0.05) is 6.58 Å². The molecule has 1 aliphatic rings. The van der Waals surface area contributed by atoms with E-state index >= 15 is 0 Å². The molecule has 1 rings (SSSR count). The van der Waals surface area contributed by atoms with Crippen LogP contribution in [0, 0.1) is 0 Å². The first-order valence-corrected chi connectivity index (χ1v) is 7.16. The molecule has 0 spiro atoms. The summed E-state index contributed by atoms with van der Waals surface area (Å²) in [6.45, 7) is 5.21. The van der Waals surface area contributed by atoms with Gasteiger partial charge >= 0.3 is 8.80 Å². The molecule has 1 unspecified atom stereocenters. The average Bonchev–Trinajstić information content (AvgIpc) is 3.13. The molecule has 1 fully saturated rings. The normalized spacial score (nSPS) is 19.6. The fraction of sp³-hybridized carbons (Fsp3) is 0.800. The van der Waals surface area contributed by atoms with E-state index in [0.717, 1.165) is 12.4 Å². The zero-order chi connectivity index (χ0) is 12.0. The van der Waals surface area contributed by atoms with Gasteiger partial charge in [0.25, 0.3) is 0 Å². The van der Waals surface area contributed by atoms with Crippen molar-refractivity contribution in [2.45, 2.75) is 18.6 Å². The van der Waals surface area contributed by atoms with Gasteiger partial charge in [-0.25, -0.2) is 0 Å². The minimum Gasteiger partial charge on any atom is -0.496 e. The first-order chi connectivity index (χ1) is 7.65. The molecule has 0 saturated carbocycles. The number of rotatable bonds is 9. The number of hydrogen-bond acceptors (Lipinski definition) is 5. The molecule has 1 aliphatic heterocycles. The van der Waals surface area contributed by atoms with Crippen LogP contribution in [0.4, 0.5) is 0 Å². The molecule has 0 bridgehead atoms. The topological polar surface area (TPSA) is 49.5 Å². The fourth-order valence-corrected chi connectivity index (χ4v) is 2.99. The second kappa shape index (κ2) is 6.36. The van der Waals surface area contributed by atoms with E-state index in [-0.39, 0.29) is 6.10 Å². The Bertz CT molecular complexity index is 217. The van der Waals surface area contributed by atoms with Gasteiger partial charge in [0.05, 0.1) is 12.4 Å². The lowest BCUT2D eigenvalue weighted by atomic mass is 10.4. The Morgan fingerprint density at radius 3 is 2.31 bits per heavy atom. The first kappa shape index (κ1) is 13.7. The van der Waals surface area contributed by atoms with Gasteiger partial charge in [-0.05, 0) is 0 Å². The summed E-state index contributed by atoms with van der Waals surface area (Å²) in [4.78, 5) is 0. The summed E-state index contributed by atoms with van der Waals surface area (Å²) >= 11 is 0. The lowest BCUT2D eigenvalue weighted by Crippen LogP contribution is -2.42. The van der Waals surface area contributed by atoms with Crippen LogP contribution in [0.5, 0.6) is 0 Å². The van der Waals surface area contributed by atoms with Crippen molar-refractivity contribution >= 4 is 8.80 Å². The first-order valence-electron chi connectivity index (χ1n) is 5.23. The van der Waals surface area contributed by atoms with Crippen molar-refractivity contribution in [1.29, 1.82) is 0 Å². The lowest BCUT2D eigenvalue weighted by molar-refractivity contribution is 0.119. The molecule has 1 heterocycles. The van der Waals surface area contributed by atoms with Gasteiger partial charge in [-0.15, -0.1) is 0 Å². The summed E-state index contributed by atoms with van der Waals surface area (Å²) in [5, 5.41) is 0. The van der Waals surface area contributed by atoms with Crippen molar-refractivity contribution in [1.82, 2.24) is 0 Å². The Hall–Kier alpha value is -0.403. The lowest BCUT2D eigenvalue weighted by Gasteiger charge is -2.24. The predicted molar refractivity (Wildman–Crippen MR) is 61.0 cm³/mol. The Morgan fingerprint density at radius 2 is 1.88 bits per heavy atom. The van der Waals surface area contributed by atoms with Crippen LogP contribution in [0.2, 0.25) is 6.04 Å². The molecule has 16 heavy (non-hydrogen) atoms. The van der Waals surface area contributed by atoms with Gasteiger partial charge in [0.15, 0.2) is 0 Å². The molecule has 5 nitrogen and oxygen atoms in total. The highest BCUT2D eigenvalue weighted by Crippen LogP contribution is 2.19. The molecule has 1 atom stereocenters. The maximum atomic E-state index is 5.43. The summed E-state index contributed by atoms with van der Waals surface area (Å²) < 4.78 is 26.4. The molecule has 0 N–H and O–H groups in total. The monoisotopic (exact) mass is 248 g/mol. The molecular weight excluding hydrogens is 228 g/mol. The summed E-state index contributed by atoms with van der Waals surface area (Å²) in [5.41, 5.74) is 0. The van der Waals surface area contributed by atoms with E-state index in [1.807, 2.05) is 0 Å². The Morgan fingerprint density at radius 1 is 1.31 bits per heavy atom. The summed E-state index contributed by atoms with van der Waals surface area (Å²) in [5.74, 6) is 0.721. The maximum absolute atomic E-state index is 5.43. The average molecular weight is 248 g/mol. The summed E-state index contributed by atoms with van der Waals surface area (Å²) in [7, 11) is 2.30. The van der Waals surface area contributed by atoms with Crippen LogP contribution in [0.25, 0.3) is 0 Å². The molecule has 0 aromatic rings. The summed E-state index contributed by atoms with van der Waals surface area (Å²) in [6.07, 6.45) is 0.931. The van der Waals surface area contributed by atoms with Gasteiger partial charge in [0.1, 0.15) is 12.7 Å². The standard InChI is InChI=1S/C10H20O5Si/c1-9(14-7-10-8-15-10)5-6-16(11-2,12-3)13-4/h10H,1,5-8H2,2-4H3. The second-order valence-electron chi connectivity index (χ2n) is 3.60. The van der Waals surface area contributed by atoms with Crippen LogP contribution >= 0.6 is 0 Å². The number of hydrogen-bond donors (Lipinski definition) is 0. The molecule has 0 aliphatic carbocycles. The third-order valence-corrected chi connectivity index (χ3v) is 5.25. The van der Waals surface area contributed by atoms with Crippen molar-refractivity contribution in [2.75, 3.05) is 34.5 Å². The van der Waals surface area contributed by atoms with Gasteiger partial charge in [-0.3, -0.25) is 0 Å². The van der Waals surface area contributed by atoms with Crippen molar-refractivity contribution in [3.63, 3.8) is 0 Å². The van der Waals surface area contributed by atoms with E-state index in [0.29, 0.717) is 19.1 Å². The SMILES string of the molecule is C=C(CC[Si](OC)(OC)OC)OCC1CO1. The molecule has 0 radical (unpaired) electrons. The highest BCUT2D eigenvalue weighted by atomic mass is 28.4. The van der Waals surface area contributed by atoms with Crippen molar-refractivity contribution in [2.24, 2.45) is 0 Å². The predicted octanol–water partition coefficient (Wildman–Crippen LogP) is 1.18. The largest absolute Gasteiger partial charge is 0.500 e. The van der Waals surface area contributed by atoms with Crippen molar-refractivity contribution < 1.29 is 22.8 Å². The fourth-order valence-electron chi connectivity index (χ4n) is 1.30. The van der Waals surface area contributed by atoms with Gasteiger partial charge in [-0.2, -0.15) is 0 Å². The number of allylic oxidation sites excluding steroid dienone is 1. The quantitative estimate of drug-likeness (QED) is 0.348. The van der Waals surface area contributed by atoms with E-state index in [1.54, 1.807) is 21.3 Å². The summed E-state index contributed by atoms with van der Waals surface area (Å²) in [6, 6.07) is 0.668. The molecule has 0 amide bonds. The van der Waals surface area contributed by atoms with Crippen LogP contribution in [0.15, 0.2) is 12.3 Å². The maximum Gasteiger partial charge on any atom is 0.500 e. The van der Waals surface area contributed by atoms with E-state index < -0.39 is 8.80 Å². The Balaban J connectivity index is 2.21. The van der Waals surface area contributed by atoms with Crippen LogP contribution in [0.3, 0.4) is 0 Å². The Labute approximate surface area is 97.6 Å². The zero-order valence-electron chi connectivity index (χ0n) is 10.2. The second-order valence-corrected chi connectivity index (χ2v) is 6.69. The van der Waals surface area contributed by atoms with E-state index in [1.165, 1.54) is 0 Å².